The van der Waals surface area contributed by atoms with Crippen molar-refractivity contribution in [3.63, 3.8) is 0 Å². The van der Waals surface area contributed by atoms with Crippen molar-refractivity contribution in [3.8, 4) is 0 Å². The Hall–Kier alpha value is -1.89. The summed E-state index contributed by atoms with van der Waals surface area (Å²) in [5.41, 5.74) is 12.7. The van der Waals surface area contributed by atoms with Crippen LogP contribution in [0.15, 0.2) is 0 Å². The molecule has 7 heteroatoms. The van der Waals surface area contributed by atoms with Gasteiger partial charge in [-0.15, -0.1) is 0 Å². The molecule has 4 N–H and O–H groups in total. The normalized spacial score (nSPS) is 15.9. The van der Waals surface area contributed by atoms with Gasteiger partial charge in [0, 0.05) is 31.0 Å². The van der Waals surface area contributed by atoms with Crippen molar-refractivity contribution in [2.45, 2.75) is 70.6 Å². The van der Waals surface area contributed by atoms with Crippen LogP contribution in [0.5, 0.6) is 0 Å². The predicted molar refractivity (Wildman–Crippen MR) is 97.0 cm³/mol. The molecule has 0 radical (unpaired) electrons. The Kier molecular flexibility index (Phi) is 6.21. The highest BCUT2D eigenvalue weighted by Gasteiger charge is 2.33. The SMILES string of the molecule is Cn1nc(C(C)(C)C)c(C2CCCCC2)c1C(=O)NNC(=O)CCN. The summed E-state index contributed by atoms with van der Waals surface area (Å²) >= 11 is 0. The van der Waals surface area contributed by atoms with Gasteiger partial charge in [-0.1, -0.05) is 40.0 Å². The smallest absolute Gasteiger partial charge is 0.288 e. The third kappa shape index (κ3) is 4.60. The van der Waals surface area contributed by atoms with Crippen LogP contribution >= 0.6 is 0 Å². The molecular weight excluding hydrogens is 318 g/mol. The summed E-state index contributed by atoms with van der Waals surface area (Å²) in [6.07, 6.45) is 5.94. The van der Waals surface area contributed by atoms with Crippen molar-refractivity contribution in [1.29, 1.82) is 0 Å². The van der Waals surface area contributed by atoms with Gasteiger partial charge in [0.2, 0.25) is 5.91 Å². The molecule has 1 saturated carbocycles. The number of carbonyl (C=O) groups excluding carboxylic acids is 2. The van der Waals surface area contributed by atoms with Gasteiger partial charge in [0.1, 0.15) is 5.69 Å². The molecule has 140 valence electrons. The molecule has 1 fully saturated rings. The highest BCUT2D eigenvalue weighted by atomic mass is 16.2. The first-order valence-corrected chi connectivity index (χ1v) is 9.12. The Bertz CT molecular complexity index is 624. The van der Waals surface area contributed by atoms with Gasteiger partial charge in [-0.3, -0.25) is 25.1 Å². The summed E-state index contributed by atoms with van der Waals surface area (Å²) in [6, 6.07) is 0. The van der Waals surface area contributed by atoms with Gasteiger partial charge in [0.05, 0.1) is 5.69 Å². The lowest BCUT2D eigenvalue weighted by atomic mass is 9.78. The average Bonchev–Trinajstić information content (AvgIpc) is 2.91. The third-order valence-electron chi connectivity index (χ3n) is 4.71. The standard InChI is InChI=1S/C18H31N5O2/c1-18(2,3)16-14(12-8-6-5-7-9-12)15(23(4)22-16)17(25)21-20-13(24)10-11-19/h12H,5-11,19H2,1-4H3,(H,20,24)(H,21,25). The molecule has 0 unspecified atom stereocenters. The average molecular weight is 349 g/mol. The zero-order valence-corrected chi connectivity index (χ0v) is 15.8. The van der Waals surface area contributed by atoms with Gasteiger partial charge in [-0.05, 0) is 18.8 Å². The zero-order chi connectivity index (χ0) is 18.6. The minimum Gasteiger partial charge on any atom is -0.330 e. The minimum absolute atomic E-state index is 0.147. The predicted octanol–water partition coefficient (Wildman–Crippen LogP) is 1.88. The van der Waals surface area contributed by atoms with Gasteiger partial charge in [0.25, 0.3) is 5.91 Å². The van der Waals surface area contributed by atoms with Gasteiger partial charge < -0.3 is 5.73 Å². The van der Waals surface area contributed by atoms with E-state index in [0.717, 1.165) is 24.1 Å². The quantitative estimate of drug-likeness (QED) is 0.722. The van der Waals surface area contributed by atoms with Crippen molar-refractivity contribution in [2.24, 2.45) is 12.8 Å². The topological polar surface area (TPSA) is 102 Å². The van der Waals surface area contributed by atoms with E-state index < -0.39 is 0 Å². The number of carbonyl (C=O) groups is 2. The van der Waals surface area contributed by atoms with Crippen LogP contribution < -0.4 is 16.6 Å². The van der Waals surface area contributed by atoms with Crippen LogP contribution in [0.1, 0.15) is 87.0 Å². The minimum atomic E-state index is -0.323. The van der Waals surface area contributed by atoms with E-state index in [-0.39, 0.29) is 30.2 Å². The molecule has 2 amide bonds. The summed E-state index contributed by atoms with van der Waals surface area (Å²) in [7, 11) is 1.79. The first-order valence-electron chi connectivity index (χ1n) is 9.12. The van der Waals surface area contributed by atoms with E-state index in [2.05, 4.69) is 36.7 Å². The maximum absolute atomic E-state index is 12.8. The number of amides is 2. The molecule has 0 aliphatic heterocycles. The summed E-state index contributed by atoms with van der Waals surface area (Å²) in [5.74, 6) is -0.276. The van der Waals surface area contributed by atoms with Crippen molar-refractivity contribution >= 4 is 11.8 Å². The van der Waals surface area contributed by atoms with Crippen LogP contribution in [0.25, 0.3) is 0 Å². The van der Waals surface area contributed by atoms with Crippen molar-refractivity contribution < 1.29 is 9.59 Å². The number of hydrogen-bond donors (Lipinski definition) is 3. The van der Waals surface area contributed by atoms with Crippen LogP contribution in [-0.2, 0) is 17.3 Å². The van der Waals surface area contributed by atoms with Crippen LogP contribution in [-0.4, -0.2) is 28.1 Å². The number of aromatic nitrogens is 2. The Morgan fingerprint density at radius 1 is 1.20 bits per heavy atom. The first kappa shape index (κ1) is 19.4. The molecule has 7 nitrogen and oxygen atoms in total. The second-order valence-corrected chi connectivity index (χ2v) is 7.86. The number of hydrogen-bond acceptors (Lipinski definition) is 4. The molecule has 1 aromatic heterocycles. The molecule has 0 spiro atoms. The summed E-state index contributed by atoms with van der Waals surface area (Å²) in [4.78, 5) is 24.3. The van der Waals surface area contributed by atoms with E-state index in [9.17, 15) is 9.59 Å². The fraction of sp³-hybridized carbons (Fsp3) is 0.722. The van der Waals surface area contributed by atoms with Crippen LogP contribution in [0, 0.1) is 0 Å². The lowest BCUT2D eigenvalue weighted by Gasteiger charge is -2.26. The number of nitrogens with two attached hydrogens (primary N) is 1. The fourth-order valence-electron chi connectivity index (χ4n) is 3.52. The van der Waals surface area contributed by atoms with Crippen LogP contribution in [0.2, 0.25) is 0 Å². The van der Waals surface area contributed by atoms with E-state index >= 15 is 0 Å². The molecule has 0 saturated heterocycles. The lowest BCUT2D eigenvalue weighted by molar-refractivity contribution is -0.121. The third-order valence-corrected chi connectivity index (χ3v) is 4.71. The molecule has 0 bridgehead atoms. The Balaban J connectivity index is 2.34. The molecule has 1 aliphatic carbocycles. The van der Waals surface area contributed by atoms with Crippen molar-refractivity contribution in [1.82, 2.24) is 20.6 Å². The summed E-state index contributed by atoms with van der Waals surface area (Å²) in [6.45, 7) is 6.60. The van der Waals surface area contributed by atoms with Crippen molar-refractivity contribution in [2.75, 3.05) is 6.54 Å². The number of nitrogens with zero attached hydrogens (tertiary/aromatic N) is 2. The second-order valence-electron chi connectivity index (χ2n) is 7.86. The molecule has 1 aliphatic rings. The lowest BCUT2D eigenvalue weighted by Crippen LogP contribution is -2.43. The van der Waals surface area contributed by atoms with E-state index in [1.807, 2.05) is 0 Å². The largest absolute Gasteiger partial charge is 0.330 e. The Labute approximate surface area is 149 Å². The van der Waals surface area contributed by atoms with Gasteiger partial charge in [0.15, 0.2) is 0 Å². The summed E-state index contributed by atoms with van der Waals surface area (Å²) in [5, 5.41) is 4.66. The summed E-state index contributed by atoms with van der Waals surface area (Å²) < 4.78 is 1.65. The maximum atomic E-state index is 12.8. The monoisotopic (exact) mass is 349 g/mol. The second kappa shape index (κ2) is 7.99. The highest BCUT2D eigenvalue weighted by Crippen LogP contribution is 2.39. The van der Waals surface area contributed by atoms with Gasteiger partial charge in [-0.2, -0.15) is 5.10 Å². The van der Waals surface area contributed by atoms with E-state index in [1.54, 1.807) is 11.7 Å². The maximum Gasteiger partial charge on any atom is 0.288 e. The molecule has 25 heavy (non-hydrogen) atoms. The highest BCUT2D eigenvalue weighted by molar-refractivity contribution is 5.95. The molecule has 0 atom stereocenters. The van der Waals surface area contributed by atoms with E-state index in [0.29, 0.717) is 11.6 Å². The zero-order valence-electron chi connectivity index (χ0n) is 15.8. The number of rotatable bonds is 4. The molecule has 1 aromatic rings. The molecular formula is C18H31N5O2. The van der Waals surface area contributed by atoms with E-state index in [4.69, 9.17) is 5.73 Å². The number of aryl methyl sites for hydroxylation is 1. The molecule has 2 rings (SSSR count). The Morgan fingerprint density at radius 2 is 1.84 bits per heavy atom. The molecule has 0 aromatic carbocycles. The van der Waals surface area contributed by atoms with Gasteiger partial charge >= 0.3 is 0 Å². The van der Waals surface area contributed by atoms with Crippen LogP contribution in [0.4, 0.5) is 0 Å². The van der Waals surface area contributed by atoms with Gasteiger partial charge in [-0.25, -0.2) is 0 Å². The molecule has 1 heterocycles. The van der Waals surface area contributed by atoms with Crippen molar-refractivity contribution in [3.05, 3.63) is 17.0 Å². The number of nitrogens with one attached hydrogen (secondary N) is 2. The van der Waals surface area contributed by atoms with Crippen LogP contribution in [0.3, 0.4) is 0 Å². The Morgan fingerprint density at radius 3 is 2.40 bits per heavy atom. The first-order chi connectivity index (χ1) is 11.8. The fourth-order valence-corrected chi connectivity index (χ4v) is 3.52. The number of hydrazine groups is 1. The van der Waals surface area contributed by atoms with E-state index in [1.165, 1.54) is 19.3 Å².